The minimum atomic E-state index is -0.748. The predicted octanol–water partition coefficient (Wildman–Crippen LogP) is 8.13. The zero-order valence-corrected chi connectivity index (χ0v) is 36.0. The van der Waals surface area contributed by atoms with E-state index in [2.05, 4.69) is 25.3 Å². The van der Waals surface area contributed by atoms with Crippen LogP contribution in [0.4, 0.5) is 14.4 Å². The van der Waals surface area contributed by atoms with E-state index in [1.165, 1.54) is 6.92 Å². The molecule has 0 fully saturated rings. The quantitative estimate of drug-likeness (QED) is 0.0815. The SMILES string of the molecule is CC(=O)N=c1n(CCCCCCCCCC(=NC(=O)OC(C)(C)C)NC(=O)OC(C)(C)C)ccn1CCCc1ccc(C2=NCCCN2C(=O)OC(C)(C)C)nc1. The number of hydrogen-bond donors (Lipinski definition) is 1. The van der Waals surface area contributed by atoms with Gasteiger partial charge in [-0.2, -0.15) is 9.98 Å². The number of carbonyl (C=O) groups is 4. The Balaban J connectivity index is 1.44. The third-order valence-electron chi connectivity index (χ3n) is 8.36. The monoisotopic (exact) mass is 795 g/mol. The lowest BCUT2D eigenvalue weighted by molar-refractivity contribution is -0.116. The van der Waals surface area contributed by atoms with Crippen molar-refractivity contribution < 1.29 is 33.4 Å². The first-order chi connectivity index (χ1) is 26.7. The zero-order chi connectivity index (χ0) is 42.2. The number of pyridine rings is 1. The molecule has 3 rings (SSSR count). The third-order valence-corrected chi connectivity index (χ3v) is 8.36. The number of hydrogen-bond acceptors (Lipinski definition) is 9. The maximum Gasteiger partial charge on any atom is 0.435 e. The Hall–Kier alpha value is -4.82. The van der Waals surface area contributed by atoms with Crippen LogP contribution in [0.15, 0.2) is 45.7 Å². The summed E-state index contributed by atoms with van der Waals surface area (Å²) in [4.78, 5) is 68.7. The van der Waals surface area contributed by atoms with Crippen LogP contribution < -0.4 is 10.9 Å². The second-order valence-electron chi connectivity index (χ2n) is 17.4. The Morgan fingerprint density at radius 3 is 1.95 bits per heavy atom. The fraction of sp³-hybridized carbons (Fsp3) is 0.667. The molecule has 0 bridgehead atoms. The Labute approximate surface area is 338 Å². The molecule has 57 heavy (non-hydrogen) atoms. The van der Waals surface area contributed by atoms with Crippen LogP contribution in [0.3, 0.4) is 0 Å². The smallest absolute Gasteiger partial charge is 0.435 e. The highest BCUT2D eigenvalue weighted by Gasteiger charge is 2.29. The molecule has 0 aliphatic carbocycles. The van der Waals surface area contributed by atoms with Crippen LogP contribution in [0.25, 0.3) is 0 Å². The first-order valence-electron chi connectivity index (χ1n) is 20.3. The number of amides is 4. The Kier molecular flexibility index (Phi) is 17.7. The van der Waals surface area contributed by atoms with E-state index in [9.17, 15) is 19.2 Å². The van der Waals surface area contributed by atoms with Crippen molar-refractivity contribution >= 4 is 35.9 Å². The summed E-state index contributed by atoms with van der Waals surface area (Å²) in [5.41, 5.74) is 0.388. The lowest BCUT2D eigenvalue weighted by Crippen LogP contribution is -2.44. The summed E-state index contributed by atoms with van der Waals surface area (Å²) in [6, 6.07) is 3.93. The standard InChI is InChI=1S/C42H66N8O7/c1-31(51)45-36-48(25-17-15-13-11-12-14-16-21-34(46-37(52)55-40(2,3)4)47-38(53)56-41(5,6)7)28-29-49(36)26-18-20-32-22-23-33(44-30-32)35-43-24-19-27-50(35)39(54)57-42(8,9)10/h22-23,28-30H,11-21,24-27H2,1-10H3,(H,46,47,52,53). The highest BCUT2D eigenvalue weighted by Crippen LogP contribution is 2.17. The topological polar surface area (TPSA) is 171 Å². The van der Waals surface area contributed by atoms with Crippen molar-refractivity contribution in [3.63, 3.8) is 0 Å². The Morgan fingerprint density at radius 1 is 0.772 bits per heavy atom. The van der Waals surface area contributed by atoms with Gasteiger partial charge in [0.05, 0.1) is 0 Å². The molecule has 1 N–H and O–H groups in total. The summed E-state index contributed by atoms with van der Waals surface area (Å²) in [5.74, 6) is 0.536. The van der Waals surface area contributed by atoms with Gasteiger partial charge in [0, 0.05) is 58.1 Å². The summed E-state index contributed by atoms with van der Waals surface area (Å²) < 4.78 is 20.3. The molecule has 0 radical (unpaired) electrons. The number of amidine groups is 2. The number of aryl methyl sites for hydroxylation is 3. The van der Waals surface area contributed by atoms with Crippen LogP contribution in [0.5, 0.6) is 0 Å². The van der Waals surface area contributed by atoms with E-state index >= 15 is 0 Å². The van der Waals surface area contributed by atoms with Gasteiger partial charge in [0.2, 0.25) is 11.5 Å². The molecule has 0 atom stereocenters. The number of aromatic nitrogens is 3. The Morgan fingerprint density at radius 2 is 1.37 bits per heavy atom. The highest BCUT2D eigenvalue weighted by molar-refractivity contribution is 6.05. The number of carbonyl (C=O) groups excluding carboxylic acids is 4. The van der Waals surface area contributed by atoms with Gasteiger partial charge in [0.15, 0.2) is 5.84 Å². The normalized spacial score (nSPS) is 14.3. The van der Waals surface area contributed by atoms with E-state index in [1.54, 1.807) is 46.4 Å². The largest absolute Gasteiger partial charge is 0.444 e. The van der Waals surface area contributed by atoms with Crippen molar-refractivity contribution in [2.24, 2.45) is 15.0 Å². The van der Waals surface area contributed by atoms with Gasteiger partial charge in [0.25, 0.3) is 0 Å². The molecule has 3 heterocycles. The summed E-state index contributed by atoms with van der Waals surface area (Å²) >= 11 is 0. The number of rotatable bonds is 15. The maximum atomic E-state index is 12.8. The molecule has 15 heteroatoms. The van der Waals surface area contributed by atoms with Crippen molar-refractivity contribution in [2.45, 2.75) is 170 Å². The summed E-state index contributed by atoms with van der Waals surface area (Å²) in [6.07, 6.45) is 13.6. The molecule has 2 aromatic heterocycles. The fourth-order valence-corrected chi connectivity index (χ4v) is 5.98. The van der Waals surface area contributed by atoms with Crippen LogP contribution in [0.1, 0.15) is 145 Å². The van der Waals surface area contributed by atoms with E-state index in [1.807, 2.05) is 60.6 Å². The number of unbranched alkanes of at least 4 members (excludes halogenated alkanes) is 6. The van der Waals surface area contributed by atoms with Crippen LogP contribution in [-0.2, 0) is 38.5 Å². The van der Waals surface area contributed by atoms with E-state index in [0.29, 0.717) is 43.2 Å². The molecule has 4 amide bonds. The van der Waals surface area contributed by atoms with Gasteiger partial charge >= 0.3 is 18.3 Å². The molecular weight excluding hydrogens is 729 g/mol. The number of nitrogens with zero attached hydrogens (tertiary/aromatic N) is 7. The van der Waals surface area contributed by atoms with Crippen LogP contribution in [0, 0.1) is 0 Å². The average Bonchev–Trinajstić information content (AvgIpc) is 3.45. The van der Waals surface area contributed by atoms with Gasteiger partial charge in [-0.15, -0.1) is 0 Å². The molecular formula is C42H66N8O7. The van der Waals surface area contributed by atoms with Gasteiger partial charge in [-0.25, -0.2) is 14.4 Å². The van der Waals surface area contributed by atoms with Crippen molar-refractivity contribution in [2.75, 3.05) is 13.1 Å². The molecule has 1 aliphatic rings. The molecule has 316 valence electrons. The molecule has 0 saturated heterocycles. The molecule has 1 aliphatic heterocycles. The average molecular weight is 795 g/mol. The second kappa shape index (κ2) is 21.6. The number of aliphatic imine (C=N–C) groups is 2. The van der Waals surface area contributed by atoms with Crippen LogP contribution in [0.2, 0.25) is 0 Å². The zero-order valence-electron chi connectivity index (χ0n) is 36.0. The number of imidazole rings is 1. The highest BCUT2D eigenvalue weighted by atomic mass is 16.6. The van der Waals surface area contributed by atoms with E-state index in [4.69, 9.17) is 14.2 Å². The van der Waals surface area contributed by atoms with Crippen molar-refractivity contribution in [3.8, 4) is 0 Å². The summed E-state index contributed by atoms with van der Waals surface area (Å²) in [7, 11) is 0. The van der Waals surface area contributed by atoms with Crippen molar-refractivity contribution in [1.82, 2.24) is 24.3 Å². The minimum absolute atomic E-state index is 0.236. The van der Waals surface area contributed by atoms with Crippen LogP contribution >= 0.6 is 0 Å². The minimum Gasteiger partial charge on any atom is -0.444 e. The van der Waals surface area contributed by atoms with Gasteiger partial charge in [-0.1, -0.05) is 38.2 Å². The number of nitrogens with one attached hydrogen (secondary N) is 1. The molecule has 2 aromatic rings. The molecule has 0 aromatic carbocycles. The fourth-order valence-electron chi connectivity index (χ4n) is 5.98. The predicted molar refractivity (Wildman–Crippen MR) is 220 cm³/mol. The Bertz CT molecular complexity index is 1770. The van der Waals surface area contributed by atoms with Crippen LogP contribution in [-0.4, -0.2) is 84.8 Å². The van der Waals surface area contributed by atoms with E-state index in [-0.39, 0.29) is 11.7 Å². The van der Waals surface area contributed by atoms with Crippen molar-refractivity contribution in [3.05, 3.63) is 47.6 Å². The van der Waals surface area contributed by atoms with Crippen molar-refractivity contribution in [1.29, 1.82) is 0 Å². The van der Waals surface area contributed by atoms with Gasteiger partial charge in [-0.3, -0.25) is 25.0 Å². The molecule has 0 saturated carbocycles. The first kappa shape index (κ1) is 46.6. The van der Waals surface area contributed by atoms with E-state index < -0.39 is 35.1 Å². The second-order valence-corrected chi connectivity index (χ2v) is 17.4. The molecule has 0 spiro atoms. The molecule has 15 nitrogen and oxygen atoms in total. The van der Waals surface area contributed by atoms with Gasteiger partial charge < -0.3 is 23.3 Å². The lowest BCUT2D eigenvalue weighted by Gasteiger charge is -2.30. The summed E-state index contributed by atoms with van der Waals surface area (Å²) in [5, 5.41) is 2.62. The first-order valence-corrected chi connectivity index (χ1v) is 20.3. The maximum absolute atomic E-state index is 12.8. The summed E-state index contributed by atoms with van der Waals surface area (Å²) in [6.45, 7) is 20.2. The molecule has 0 unspecified atom stereocenters. The lowest BCUT2D eigenvalue weighted by atomic mass is 10.1. The third kappa shape index (κ3) is 18.3. The number of alkyl carbamates (subject to hydrolysis) is 1. The van der Waals surface area contributed by atoms with Gasteiger partial charge in [-0.05, 0) is 106 Å². The van der Waals surface area contributed by atoms with Gasteiger partial charge in [0.1, 0.15) is 28.3 Å². The number of ether oxygens (including phenoxy) is 3. The van der Waals surface area contributed by atoms with E-state index in [0.717, 1.165) is 76.3 Å².